The summed E-state index contributed by atoms with van der Waals surface area (Å²) in [5.74, 6) is -2.28. The molecule has 1 aromatic carbocycles. The van der Waals surface area contributed by atoms with Crippen molar-refractivity contribution < 1.29 is 37.1 Å². The molecule has 15 heteroatoms. The number of nitrogens with zero attached hydrogens (tertiary/aromatic N) is 2. The van der Waals surface area contributed by atoms with Crippen LogP contribution < -0.4 is 21.3 Å². The van der Waals surface area contributed by atoms with Gasteiger partial charge in [-0.05, 0) is 81.2 Å². The second-order valence-corrected chi connectivity index (χ2v) is 14.2. The zero-order valence-corrected chi connectivity index (χ0v) is 28.6. The van der Waals surface area contributed by atoms with Crippen molar-refractivity contribution in [3.8, 4) is 0 Å². The summed E-state index contributed by atoms with van der Waals surface area (Å²) in [5.41, 5.74) is 0.0470. The van der Waals surface area contributed by atoms with E-state index in [4.69, 9.17) is 5.41 Å². The molecule has 0 radical (unpaired) electrons. The third kappa shape index (κ3) is 7.91. The van der Waals surface area contributed by atoms with Crippen LogP contribution in [-0.4, -0.2) is 70.2 Å². The summed E-state index contributed by atoms with van der Waals surface area (Å²) in [5, 5.41) is 20.2. The number of carbonyl (C=O) groups is 5. The molecule has 1 saturated heterocycles. The lowest BCUT2D eigenvalue weighted by molar-refractivity contribution is -0.141. The number of benzene rings is 1. The number of rotatable bonds is 6. The maximum absolute atomic E-state index is 14.1. The number of amides is 4. The quantitative estimate of drug-likeness (QED) is 0.269. The van der Waals surface area contributed by atoms with E-state index in [1.54, 1.807) is 12.1 Å². The molecule has 2 aliphatic carbocycles. The smallest absolute Gasteiger partial charge is 0.375 e. The summed E-state index contributed by atoms with van der Waals surface area (Å²) >= 11 is 0. The summed E-state index contributed by atoms with van der Waals surface area (Å²) in [4.78, 5) is 70.9. The van der Waals surface area contributed by atoms with Gasteiger partial charge in [0.25, 0.3) is 0 Å². The number of hydrogen-bond donors (Lipinski definition) is 5. The summed E-state index contributed by atoms with van der Waals surface area (Å²) in [6, 6.07) is 3.93. The summed E-state index contributed by atoms with van der Waals surface area (Å²) in [6.07, 6.45) is 1.35. The van der Waals surface area contributed by atoms with E-state index in [1.165, 1.54) is 24.8 Å². The number of alkyl halides is 3. The Morgan fingerprint density at radius 2 is 1.71 bits per heavy atom. The molecule has 3 atom stereocenters. The van der Waals surface area contributed by atoms with E-state index in [9.17, 15) is 37.1 Å². The Hall–Kier alpha value is -4.82. The lowest BCUT2D eigenvalue weighted by Gasteiger charge is -2.28. The number of ketones is 1. The lowest BCUT2D eigenvalue weighted by Crippen LogP contribution is -2.47. The first-order valence-corrected chi connectivity index (χ1v) is 17.4. The van der Waals surface area contributed by atoms with Gasteiger partial charge in [0.1, 0.15) is 23.3 Å². The molecule has 2 saturated carbocycles. The monoisotopic (exact) mass is 709 g/mol. The van der Waals surface area contributed by atoms with Gasteiger partial charge < -0.3 is 26.2 Å². The van der Waals surface area contributed by atoms with Crippen LogP contribution in [0.4, 0.5) is 30.4 Å². The highest BCUT2D eigenvalue weighted by Crippen LogP contribution is 2.59. The first-order valence-electron chi connectivity index (χ1n) is 17.4. The van der Waals surface area contributed by atoms with E-state index >= 15 is 0 Å². The van der Waals surface area contributed by atoms with E-state index in [-0.39, 0.29) is 54.3 Å². The highest BCUT2D eigenvalue weighted by molar-refractivity contribution is 6.45. The maximum atomic E-state index is 14.1. The SMILES string of the molecule is CC(=O)C(=N)c1cc(NC(=O)C2CC2)cc2c1NCC(=O)N1[C@H](C(=O)Nc3nc(C(F)(F)F)ccc3C)C[C@@]3(CNC(=O)CCCCCC2)C[C@@H]13. The van der Waals surface area contributed by atoms with Gasteiger partial charge in [-0.2, -0.15) is 13.2 Å². The van der Waals surface area contributed by atoms with Gasteiger partial charge in [-0.3, -0.25) is 29.4 Å². The van der Waals surface area contributed by atoms with Crippen LogP contribution in [0.5, 0.6) is 0 Å². The topological polar surface area (TPSA) is 173 Å². The van der Waals surface area contributed by atoms with Crippen LogP contribution >= 0.6 is 0 Å². The first kappa shape index (κ1) is 36.0. The van der Waals surface area contributed by atoms with E-state index in [1.807, 2.05) is 0 Å². The Labute approximate surface area is 293 Å². The number of Topliss-reactive ketones (excluding diaryl/α,β-unsaturated/α-hetero) is 1. The van der Waals surface area contributed by atoms with Crippen LogP contribution in [0, 0.1) is 23.7 Å². The van der Waals surface area contributed by atoms with Crippen LogP contribution in [0.15, 0.2) is 24.3 Å². The molecule has 2 aromatic rings. The van der Waals surface area contributed by atoms with E-state index in [0.717, 1.165) is 31.7 Å². The maximum Gasteiger partial charge on any atom is 0.433 e. The summed E-state index contributed by atoms with van der Waals surface area (Å²) < 4.78 is 40.3. The van der Waals surface area contributed by atoms with E-state index in [2.05, 4.69) is 26.3 Å². The summed E-state index contributed by atoms with van der Waals surface area (Å²) in [7, 11) is 0. The Kier molecular flexibility index (Phi) is 9.93. The van der Waals surface area contributed by atoms with Crippen molar-refractivity contribution in [1.82, 2.24) is 15.2 Å². The van der Waals surface area contributed by atoms with Crippen molar-refractivity contribution in [2.45, 2.75) is 96.3 Å². The Bertz CT molecular complexity index is 1790. The Morgan fingerprint density at radius 1 is 0.980 bits per heavy atom. The Balaban J connectivity index is 1.31. The van der Waals surface area contributed by atoms with Crippen LogP contribution in [0.3, 0.4) is 0 Å². The minimum Gasteiger partial charge on any atom is -0.375 e. The Morgan fingerprint density at radius 3 is 2.39 bits per heavy atom. The molecule has 51 heavy (non-hydrogen) atoms. The largest absolute Gasteiger partial charge is 0.433 e. The number of nitrogens with one attached hydrogen (secondary N) is 5. The molecule has 2 bridgehead atoms. The number of anilines is 3. The molecular formula is C36H42F3N7O5. The van der Waals surface area contributed by atoms with Crippen LogP contribution in [0.25, 0.3) is 0 Å². The van der Waals surface area contributed by atoms with Crippen molar-refractivity contribution in [3.05, 3.63) is 46.6 Å². The van der Waals surface area contributed by atoms with Gasteiger partial charge in [-0.25, -0.2) is 4.98 Å². The number of hydrogen-bond acceptors (Lipinski definition) is 8. The molecular weight excluding hydrogens is 667 g/mol. The number of pyridine rings is 1. The van der Waals surface area contributed by atoms with Crippen molar-refractivity contribution in [1.29, 1.82) is 5.41 Å². The molecule has 2 aliphatic heterocycles. The molecule has 4 amide bonds. The minimum absolute atomic E-state index is 0.0761. The number of aryl methyl sites for hydroxylation is 2. The fourth-order valence-corrected chi connectivity index (χ4v) is 7.21. The van der Waals surface area contributed by atoms with Crippen LogP contribution in [0.1, 0.15) is 87.1 Å². The van der Waals surface area contributed by atoms with Gasteiger partial charge in [0, 0.05) is 54.2 Å². The van der Waals surface area contributed by atoms with E-state index < -0.39 is 47.0 Å². The van der Waals surface area contributed by atoms with Gasteiger partial charge in [0.2, 0.25) is 23.6 Å². The van der Waals surface area contributed by atoms with Gasteiger partial charge in [-0.1, -0.05) is 18.9 Å². The molecule has 0 unspecified atom stereocenters. The lowest BCUT2D eigenvalue weighted by atomic mass is 9.95. The number of halogens is 3. The van der Waals surface area contributed by atoms with E-state index in [0.29, 0.717) is 54.6 Å². The third-order valence-electron chi connectivity index (χ3n) is 10.3. The zero-order chi connectivity index (χ0) is 36.7. The third-order valence-corrected chi connectivity index (χ3v) is 10.3. The highest BCUT2D eigenvalue weighted by Gasteiger charge is 2.67. The van der Waals surface area contributed by atoms with Crippen molar-refractivity contribution in [2.24, 2.45) is 11.3 Å². The second kappa shape index (κ2) is 14.1. The zero-order valence-electron chi connectivity index (χ0n) is 28.6. The van der Waals surface area contributed by atoms with Gasteiger partial charge in [0.15, 0.2) is 5.78 Å². The van der Waals surface area contributed by atoms with Gasteiger partial charge in [-0.15, -0.1) is 0 Å². The van der Waals surface area contributed by atoms with Crippen LogP contribution in [-0.2, 0) is 36.6 Å². The molecule has 6 rings (SSSR count). The fraction of sp³-hybridized carbons (Fsp3) is 0.528. The number of carbonyl (C=O) groups excluding carboxylic acids is 5. The van der Waals surface area contributed by atoms with Crippen LogP contribution in [0.2, 0.25) is 0 Å². The predicted molar refractivity (Wildman–Crippen MR) is 182 cm³/mol. The average Bonchev–Trinajstić information content (AvgIpc) is 4.01. The van der Waals surface area contributed by atoms with Crippen molar-refractivity contribution >= 4 is 52.3 Å². The molecule has 4 aliphatic rings. The standard InChI is InChI=1S/C36H42F3N7O5/c1-19-9-12-26(36(37,38)39)44-32(19)45-34(51)25-15-35-16-27(35)46(25)29(49)17-41-31-22(7-5-3-4-6-8-28(48)42-18-35)13-23(43-33(50)21-10-11-21)14-24(31)30(40)20(2)47/h9,12-14,21,25,27,40-41H,3-8,10-11,15-18H2,1-2H3,(H,42,48)(H,43,50)(H,44,45,51)/t25-,27+,35-/m0/s1. The minimum atomic E-state index is -4.73. The molecule has 1 aromatic heterocycles. The van der Waals surface area contributed by atoms with Crippen molar-refractivity contribution in [3.63, 3.8) is 0 Å². The first-order chi connectivity index (χ1) is 24.2. The predicted octanol–water partition coefficient (Wildman–Crippen LogP) is 4.75. The molecule has 12 nitrogen and oxygen atoms in total. The summed E-state index contributed by atoms with van der Waals surface area (Å²) in [6.45, 7) is 2.72. The molecule has 3 heterocycles. The van der Waals surface area contributed by atoms with Gasteiger partial charge >= 0.3 is 6.18 Å². The fourth-order valence-electron chi connectivity index (χ4n) is 7.21. The number of piperidine rings is 1. The molecule has 3 fully saturated rings. The normalized spacial score (nSPS) is 23.9. The molecule has 272 valence electrons. The molecule has 5 N–H and O–H groups in total. The highest BCUT2D eigenvalue weighted by atomic mass is 19.4. The number of fused-ring (bicyclic) bond motifs is 1. The average molecular weight is 710 g/mol. The van der Waals surface area contributed by atoms with Gasteiger partial charge in [0.05, 0.1) is 6.54 Å². The van der Waals surface area contributed by atoms with Crippen molar-refractivity contribution in [2.75, 3.05) is 29.0 Å². The number of aromatic nitrogens is 1. The molecule has 0 spiro atoms. The second-order valence-electron chi connectivity index (χ2n) is 14.2.